The Morgan fingerprint density at radius 3 is 2.76 bits per heavy atom. The summed E-state index contributed by atoms with van der Waals surface area (Å²) in [6, 6.07) is 6.76. The molecule has 0 bridgehead atoms. The van der Waals surface area contributed by atoms with Gasteiger partial charge in [-0.2, -0.15) is 0 Å². The molecule has 0 unspecified atom stereocenters. The minimum absolute atomic E-state index is 0.813. The van der Waals surface area contributed by atoms with E-state index in [0.717, 1.165) is 30.8 Å². The van der Waals surface area contributed by atoms with Gasteiger partial charge in [-0.3, -0.25) is 0 Å². The van der Waals surface area contributed by atoms with Gasteiger partial charge in [-0.15, -0.1) is 0 Å². The van der Waals surface area contributed by atoms with Gasteiger partial charge in [-0.25, -0.2) is 0 Å². The van der Waals surface area contributed by atoms with Crippen LogP contribution in [0.15, 0.2) is 58.7 Å². The molecule has 0 atom stereocenters. The van der Waals surface area contributed by atoms with Crippen molar-refractivity contribution in [1.29, 1.82) is 0 Å². The van der Waals surface area contributed by atoms with Gasteiger partial charge in [0.1, 0.15) is 0 Å². The molecule has 0 radical (unpaired) electrons. The highest BCUT2D eigenvalue weighted by molar-refractivity contribution is 6.29. The van der Waals surface area contributed by atoms with Gasteiger partial charge >= 0.3 is 0 Å². The van der Waals surface area contributed by atoms with E-state index >= 15 is 0 Å². The summed E-state index contributed by atoms with van der Waals surface area (Å²) < 4.78 is 0. The van der Waals surface area contributed by atoms with E-state index in [0.29, 0.717) is 0 Å². The predicted molar refractivity (Wildman–Crippen MR) is 113 cm³/mol. The second-order valence-corrected chi connectivity index (χ2v) is 7.16. The summed E-state index contributed by atoms with van der Waals surface area (Å²) in [4.78, 5) is 0. The highest BCUT2D eigenvalue weighted by atomic mass is 35.5. The van der Waals surface area contributed by atoms with Crippen LogP contribution < -0.4 is 5.32 Å². The van der Waals surface area contributed by atoms with Gasteiger partial charge in [0.05, 0.1) is 0 Å². The maximum atomic E-state index is 6.19. The molecule has 134 valence electrons. The lowest BCUT2D eigenvalue weighted by Gasteiger charge is -2.15. The number of halogens is 1. The second-order valence-electron chi connectivity index (χ2n) is 6.68. The number of benzene rings is 1. The molecule has 1 N–H and O–H groups in total. The normalized spacial score (nSPS) is 15.2. The Hall–Kier alpha value is -1.73. The summed E-state index contributed by atoms with van der Waals surface area (Å²) in [5.74, 6) is 0. The molecule has 2 heteroatoms. The van der Waals surface area contributed by atoms with Crippen LogP contribution in [0.2, 0.25) is 0 Å². The zero-order chi connectivity index (χ0) is 18.2. The summed E-state index contributed by atoms with van der Waals surface area (Å²) in [6.07, 6.45) is 13.0. The van der Waals surface area contributed by atoms with Crippen molar-refractivity contribution in [1.82, 2.24) is 0 Å². The Morgan fingerprint density at radius 2 is 2.04 bits per heavy atom. The molecule has 1 aromatic rings. The van der Waals surface area contributed by atoms with Crippen LogP contribution in [0.25, 0.3) is 5.57 Å². The minimum Gasteiger partial charge on any atom is -0.381 e. The fourth-order valence-electron chi connectivity index (χ4n) is 3.11. The largest absolute Gasteiger partial charge is 0.381 e. The van der Waals surface area contributed by atoms with Crippen molar-refractivity contribution < 1.29 is 0 Å². The average molecular weight is 356 g/mol. The second kappa shape index (κ2) is 9.68. The molecule has 0 aliphatic heterocycles. The molecule has 0 fully saturated rings. The van der Waals surface area contributed by atoms with Crippen molar-refractivity contribution >= 4 is 22.9 Å². The molecule has 1 aromatic carbocycles. The lowest BCUT2D eigenvalue weighted by Crippen LogP contribution is -2.06. The van der Waals surface area contributed by atoms with E-state index in [2.05, 4.69) is 75.5 Å². The predicted octanol–water partition coefficient (Wildman–Crippen LogP) is 7.40. The van der Waals surface area contributed by atoms with Crippen LogP contribution >= 0.6 is 11.6 Å². The Balaban J connectivity index is 2.21. The van der Waals surface area contributed by atoms with Gasteiger partial charge in [-0.05, 0) is 66.7 Å². The molecule has 0 heterocycles. The third kappa shape index (κ3) is 5.64. The van der Waals surface area contributed by atoms with Gasteiger partial charge in [-0.1, -0.05) is 62.2 Å². The van der Waals surface area contributed by atoms with E-state index < -0.39 is 0 Å². The number of rotatable bonds is 7. The van der Waals surface area contributed by atoms with Crippen LogP contribution in [-0.4, -0.2) is 6.54 Å². The topological polar surface area (TPSA) is 12.0 Å². The van der Waals surface area contributed by atoms with Crippen molar-refractivity contribution in [2.75, 3.05) is 11.9 Å². The van der Waals surface area contributed by atoms with Crippen LogP contribution in [0.3, 0.4) is 0 Å². The maximum Gasteiger partial charge on any atom is 0.0403 e. The zero-order valence-electron chi connectivity index (χ0n) is 16.0. The minimum atomic E-state index is 0.813. The van der Waals surface area contributed by atoms with Crippen LogP contribution in [-0.2, 0) is 0 Å². The number of allylic oxidation sites excluding steroid dienone is 6. The first kappa shape index (κ1) is 19.6. The number of nitrogens with one attached hydrogen (secondary N) is 1. The lowest BCUT2D eigenvalue weighted by molar-refractivity contribution is 0.967. The van der Waals surface area contributed by atoms with Crippen molar-refractivity contribution in [2.45, 2.75) is 53.4 Å². The monoisotopic (exact) mass is 355 g/mol. The molecule has 2 rings (SSSR count). The SMILES string of the molecule is CC/C=C(\CCC)c1ccc(C)c(NCC2=C(C)C=C(Cl)CC=C2)c1. The molecular weight excluding hydrogens is 326 g/mol. The summed E-state index contributed by atoms with van der Waals surface area (Å²) in [5, 5.41) is 4.53. The Bertz CT molecular complexity index is 720. The van der Waals surface area contributed by atoms with Crippen molar-refractivity contribution in [3.63, 3.8) is 0 Å². The van der Waals surface area contributed by atoms with Crippen LogP contribution in [0.5, 0.6) is 0 Å². The fourth-order valence-corrected chi connectivity index (χ4v) is 3.37. The first-order valence-electron chi connectivity index (χ1n) is 9.31. The van der Waals surface area contributed by atoms with E-state index in [4.69, 9.17) is 11.6 Å². The third-order valence-corrected chi connectivity index (χ3v) is 4.82. The molecule has 1 aliphatic rings. The first-order chi connectivity index (χ1) is 12.0. The average Bonchev–Trinajstić information content (AvgIpc) is 2.74. The van der Waals surface area contributed by atoms with Crippen molar-refractivity contribution in [3.8, 4) is 0 Å². The summed E-state index contributed by atoms with van der Waals surface area (Å²) in [6.45, 7) is 9.55. The van der Waals surface area contributed by atoms with E-state index in [-0.39, 0.29) is 0 Å². The van der Waals surface area contributed by atoms with Crippen LogP contribution in [0, 0.1) is 6.92 Å². The van der Waals surface area contributed by atoms with Gasteiger partial charge in [0.2, 0.25) is 0 Å². The van der Waals surface area contributed by atoms with Gasteiger partial charge in [0, 0.05) is 23.7 Å². The van der Waals surface area contributed by atoms with Crippen molar-refractivity contribution in [3.05, 3.63) is 69.8 Å². The Kier molecular flexibility index (Phi) is 7.58. The standard InChI is InChI=1S/C23H30ClN/c1-5-8-19(9-6-2)20-13-12-17(3)23(15-20)25-16-21-10-7-11-22(24)14-18(21)4/h7-8,10,12-15,25H,5-6,9,11,16H2,1-4H3/b19-8+. The highest BCUT2D eigenvalue weighted by Gasteiger charge is 2.07. The molecule has 0 amide bonds. The lowest BCUT2D eigenvalue weighted by atomic mass is 9.98. The van der Waals surface area contributed by atoms with Gasteiger partial charge in [0.25, 0.3) is 0 Å². The number of hydrogen-bond donors (Lipinski definition) is 1. The molecule has 0 saturated carbocycles. The molecule has 1 nitrogen and oxygen atoms in total. The first-order valence-corrected chi connectivity index (χ1v) is 9.69. The molecule has 0 spiro atoms. The number of anilines is 1. The van der Waals surface area contributed by atoms with Crippen LogP contribution in [0.4, 0.5) is 5.69 Å². The van der Waals surface area contributed by atoms with E-state index in [1.165, 1.54) is 40.0 Å². The zero-order valence-corrected chi connectivity index (χ0v) is 16.7. The Labute approximate surface area is 158 Å². The van der Waals surface area contributed by atoms with E-state index in [1.807, 2.05) is 0 Å². The van der Waals surface area contributed by atoms with E-state index in [1.54, 1.807) is 0 Å². The van der Waals surface area contributed by atoms with E-state index in [9.17, 15) is 0 Å². The summed E-state index contributed by atoms with van der Waals surface area (Å²) >= 11 is 6.19. The fraction of sp³-hybridized carbons (Fsp3) is 0.391. The van der Waals surface area contributed by atoms with Crippen molar-refractivity contribution in [2.24, 2.45) is 0 Å². The quantitative estimate of drug-likeness (QED) is 0.537. The van der Waals surface area contributed by atoms with Gasteiger partial charge < -0.3 is 5.32 Å². The highest BCUT2D eigenvalue weighted by Crippen LogP contribution is 2.27. The molecule has 1 aliphatic carbocycles. The summed E-state index contributed by atoms with van der Waals surface area (Å²) in [7, 11) is 0. The Morgan fingerprint density at radius 1 is 1.24 bits per heavy atom. The maximum absolute atomic E-state index is 6.19. The molecular formula is C23H30ClN. The smallest absolute Gasteiger partial charge is 0.0403 e. The third-order valence-electron chi connectivity index (χ3n) is 4.56. The molecule has 0 aromatic heterocycles. The summed E-state index contributed by atoms with van der Waals surface area (Å²) in [5.41, 5.74) is 7.80. The number of hydrogen-bond acceptors (Lipinski definition) is 1. The van der Waals surface area contributed by atoms with Crippen LogP contribution in [0.1, 0.15) is 57.6 Å². The van der Waals surface area contributed by atoms with Gasteiger partial charge in [0.15, 0.2) is 0 Å². The molecule has 0 saturated heterocycles. The number of aryl methyl sites for hydroxylation is 1. The molecule has 25 heavy (non-hydrogen) atoms.